The first kappa shape index (κ1) is 25.5. The standard InChI is InChI=1S/C29H26N2O6/c1-15-12-17(3)24(13-16(15)2)26(33)18(4)37-29(36)20-6-11-23-25(14-20)28(35)31(27(23)34)22-9-7-21(8-10-22)30-19(5)32/h6-14,18H,1-5H3,(H,30,32). The lowest BCUT2D eigenvalue weighted by Gasteiger charge is -2.15. The summed E-state index contributed by atoms with van der Waals surface area (Å²) < 4.78 is 5.42. The van der Waals surface area contributed by atoms with Crippen molar-refractivity contribution in [2.75, 3.05) is 10.2 Å². The van der Waals surface area contributed by atoms with E-state index in [4.69, 9.17) is 4.74 Å². The van der Waals surface area contributed by atoms with Gasteiger partial charge in [-0.25, -0.2) is 9.69 Å². The van der Waals surface area contributed by atoms with Crippen molar-refractivity contribution in [3.63, 3.8) is 0 Å². The molecule has 8 nitrogen and oxygen atoms in total. The molecular formula is C29H26N2O6. The van der Waals surface area contributed by atoms with Crippen LogP contribution in [0.5, 0.6) is 0 Å². The predicted molar refractivity (Wildman–Crippen MR) is 138 cm³/mol. The highest BCUT2D eigenvalue weighted by molar-refractivity contribution is 6.34. The highest BCUT2D eigenvalue weighted by Gasteiger charge is 2.37. The van der Waals surface area contributed by atoms with Crippen molar-refractivity contribution in [3.8, 4) is 0 Å². The first-order valence-corrected chi connectivity index (χ1v) is 11.7. The predicted octanol–water partition coefficient (Wildman–Crippen LogP) is 4.80. The van der Waals surface area contributed by atoms with Crippen molar-refractivity contribution in [3.05, 3.63) is 93.5 Å². The topological polar surface area (TPSA) is 110 Å². The summed E-state index contributed by atoms with van der Waals surface area (Å²) in [6.07, 6.45) is -1.04. The zero-order chi connectivity index (χ0) is 27.0. The summed E-state index contributed by atoms with van der Waals surface area (Å²) in [5.74, 6) is -2.45. The number of ketones is 1. The van der Waals surface area contributed by atoms with Crippen molar-refractivity contribution in [1.29, 1.82) is 0 Å². The van der Waals surface area contributed by atoms with Crippen LogP contribution in [0, 0.1) is 20.8 Å². The van der Waals surface area contributed by atoms with E-state index in [1.807, 2.05) is 26.8 Å². The number of esters is 1. The van der Waals surface area contributed by atoms with Crippen molar-refractivity contribution >= 4 is 40.8 Å². The summed E-state index contributed by atoms with van der Waals surface area (Å²) in [5.41, 5.74) is 4.43. The fourth-order valence-corrected chi connectivity index (χ4v) is 4.23. The van der Waals surface area contributed by atoms with Crippen molar-refractivity contribution in [2.45, 2.75) is 40.7 Å². The molecule has 0 radical (unpaired) electrons. The first-order chi connectivity index (χ1) is 17.5. The van der Waals surface area contributed by atoms with E-state index in [0.29, 0.717) is 16.9 Å². The Morgan fingerprint density at radius 3 is 2.08 bits per heavy atom. The smallest absolute Gasteiger partial charge is 0.338 e. The number of fused-ring (bicyclic) bond motifs is 1. The summed E-state index contributed by atoms with van der Waals surface area (Å²) in [6.45, 7) is 8.58. The average Bonchev–Trinajstić information content (AvgIpc) is 3.10. The third-order valence-corrected chi connectivity index (χ3v) is 6.33. The van der Waals surface area contributed by atoms with Gasteiger partial charge in [-0.15, -0.1) is 0 Å². The molecule has 3 amide bonds. The van der Waals surface area contributed by atoms with Gasteiger partial charge in [0, 0.05) is 18.2 Å². The summed E-state index contributed by atoms with van der Waals surface area (Å²) >= 11 is 0. The second-order valence-corrected chi connectivity index (χ2v) is 9.10. The molecule has 0 bridgehead atoms. The molecule has 0 saturated carbocycles. The number of aryl methyl sites for hydroxylation is 3. The Morgan fingerprint density at radius 1 is 0.811 bits per heavy atom. The van der Waals surface area contributed by atoms with E-state index < -0.39 is 23.9 Å². The number of nitrogens with zero attached hydrogens (tertiary/aromatic N) is 1. The molecular weight excluding hydrogens is 472 g/mol. The number of Topliss-reactive ketones (excluding diaryl/α,β-unsaturated/α-hetero) is 1. The van der Waals surface area contributed by atoms with Gasteiger partial charge in [0.2, 0.25) is 11.7 Å². The normalized spacial score (nSPS) is 13.3. The first-order valence-electron chi connectivity index (χ1n) is 11.7. The summed E-state index contributed by atoms with van der Waals surface area (Å²) in [7, 11) is 0. The van der Waals surface area contributed by atoms with Crippen molar-refractivity contribution < 1.29 is 28.7 Å². The second-order valence-electron chi connectivity index (χ2n) is 9.10. The largest absolute Gasteiger partial charge is 0.451 e. The molecule has 0 aromatic heterocycles. The van der Waals surface area contributed by atoms with Crippen LogP contribution in [0.2, 0.25) is 0 Å². The number of amides is 3. The van der Waals surface area contributed by atoms with Crippen LogP contribution in [-0.2, 0) is 9.53 Å². The average molecular weight is 499 g/mol. The number of nitrogens with one attached hydrogen (secondary N) is 1. The number of ether oxygens (including phenoxy) is 1. The number of hydrogen-bond acceptors (Lipinski definition) is 6. The SMILES string of the molecule is CC(=O)Nc1ccc(N2C(=O)c3ccc(C(=O)OC(C)C(=O)c4cc(C)c(C)cc4C)cc3C2=O)cc1. The third kappa shape index (κ3) is 4.91. The Hall–Kier alpha value is -4.59. The number of benzene rings is 3. The van der Waals surface area contributed by atoms with Crippen LogP contribution in [-0.4, -0.2) is 35.6 Å². The van der Waals surface area contributed by atoms with Crippen LogP contribution in [0.1, 0.15) is 72.0 Å². The summed E-state index contributed by atoms with van der Waals surface area (Å²) in [4.78, 5) is 64.0. The van der Waals surface area contributed by atoms with Gasteiger partial charge in [0.25, 0.3) is 11.8 Å². The molecule has 8 heteroatoms. The van der Waals surface area contributed by atoms with Crippen molar-refractivity contribution in [1.82, 2.24) is 0 Å². The van der Waals surface area contributed by atoms with Gasteiger partial charge in [-0.05, 0) is 92.9 Å². The lowest BCUT2D eigenvalue weighted by Crippen LogP contribution is -2.29. The molecule has 4 rings (SSSR count). The number of carbonyl (C=O) groups excluding carboxylic acids is 5. The molecule has 188 valence electrons. The van der Waals surface area contributed by atoms with E-state index in [1.54, 1.807) is 30.3 Å². The van der Waals surface area contributed by atoms with Gasteiger partial charge < -0.3 is 10.1 Å². The Morgan fingerprint density at radius 2 is 1.43 bits per heavy atom. The molecule has 0 fully saturated rings. The minimum absolute atomic E-state index is 0.0548. The fourth-order valence-electron chi connectivity index (χ4n) is 4.23. The van der Waals surface area contributed by atoms with Crippen LogP contribution in [0.25, 0.3) is 0 Å². The minimum Gasteiger partial charge on any atom is -0.451 e. The molecule has 0 saturated heterocycles. The maximum Gasteiger partial charge on any atom is 0.338 e. The number of imide groups is 1. The van der Waals surface area contributed by atoms with Crippen LogP contribution in [0.4, 0.5) is 11.4 Å². The van der Waals surface area contributed by atoms with E-state index >= 15 is 0 Å². The number of hydrogen-bond donors (Lipinski definition) is 1. The fraction of sp³-hybridized carbons (Fsp3) is 0.207. The molecule has 1 heterocycles. The second kappa shape index (κ2) is 9.81. The van der Waals surface area contributed by atoms with Gasteiger partial charge in [-0.1, -0.05) is 6.07 Å². The molecule has 37 heavy (non-hydrogen) atoms. The summed E-state index contributed by atoms with van der Waals surface area (Å²) in [5, 5.41) is 2.62. The molecule has 1 unspecified atom stereocenters. The maximum absolute atomic E-state index is 13.1. The van der Waals surface area contributed by atoms with Gasteiger partial charge in [-0.2, -0.15) is 0 Å². The Bertz CT molecular complexity index is 1470. The monoisotopic (exact) mass is 498 g/mol. The zero-order valence-electron chi connectivity index (χ0n) is 21.2. The lowest BCUT2D eigenvalue weighted by molar-refractivity contribution is -0.114. The van der Waals surface area contributed by atoms with E-state index in [-0.39, 0.29) is 28.4 Å². The molecule has 3 aromatic carbocycles. The van der Waals surface area contributed by atoms with Gasteiger partial charge in [0.05, 0.1) is 22.4 Å². The Labute approximate surface area is 214 Å². The maximum atomic E-state index is 13.1. The molecule has 0 spiro atoms. The van der Waals surface area contributed by atoms with Crippen LogP contribution in [0.3, 0.4) is 0 Å². The van der Waals surface area contributed by atoms with Gasteiger partial charge in [0.1, 0.15) is 0 Å². The minimum atomic E-state index is -1.04. The van der Waals surface area contributed by atoms with Crippen molar-refractivity contribution in [2.24, 2.45) is 0 Å². The zero-order valence-corrected chi connectivity index (χ0v) is 21.2. The number of rotatable bonds is 6. The van der Waals surface area contributed by atoms with Crippen LogP contribution in [0.15, 0.2) is 54.6 Å². The van der Waals surface area contributed by atoms with E-state index in [2.05, 4.69) is 5.32 Å². The lowest BCUT2D eigenvalue weighted by atomic mass is 9.96. The highest BCUT2D eigenvalue weighted by Crippen LogP contribution is 2.30. The van der Waals surface area contributed by atoms with Gasteiger partial charge in [0.15, 0.2) is 6.10 Å². The molecule has 3 aromatic rings. The number of anilines is 2. The van der Waals surface area contributed by atoms with Crippen LogP contribution < -0.4 is 10.2 Å². The van der Waals surface area contributed by atoms with Gasteiger partial charge >= 0.3 is 5.97 Å². The van der Waals surface area contributed by atoms with Gasteiger partial charge in [-0.3, -0.25) is 19.2 Å². The summed E-state index contributed by atoms with van der Waals surface area (Å²) in [6, 6.07) is 14.1. The van der Waals surface area contributed by atoms with Crippen LogP contribution >= 0.6 is 0 Å². The van der Waals surface area contributed by atoms with E-state index in [9.17, 15) is 24.0 Å². The molecule has 1 aliphatic rings. The Kier molecular flexibility index (Phi) is 6.76. The highest BCUT2D eigenvalue weighted by atomic mass is 16.5. The molecule has 0 aliphatic carbocycles. The number of carbonyl (C=O) groups is 5. The quantitative estimate of drug-likeness (QED) is 0.297. The molecule has 1 N–H and O–H groups in total. The molecule has 1 aliphatic heterocycles. The Balaban J connectivity index is 1.52. The van der Waals surface area contributed by atoms with E-state index in [0.717, 1.165) is 21.6 Å². The third-order valence-electron chi connectivity index (χ3n) is 6.33. The van der Waals surface area contributed by atoms with E-state index in [1.165, 1.54) is 32.0 Å². The molecule has 1 atom stereocenters.